The van der Waals surface area contributed by atoms with E-state index in [2.05, 4.69) is 14.7 Å². The van der Waals surface area contributed by atoms with E-state index < -0.39 is 24.2 Å². The van der Waals surface area contributed by atoms with Crippen molar-refractivity contribution in [1.82, 2.24) is 14.5 Å². The molecule has 0 aliphatic carbocycles. The molecule has 0 fully saturated rings. The maximum Gasteiger partial charge on any atom is 0.387 e. The summed E-state index contributed by atoms with van der Waals surface area (Å²) in [6.07, 6.45) is 0. The summed E-state index contributed by atoms with van der Waals surface area (Å²) in [7, 11) is 0. The second-order valence-corrected chi connectivity index (χ2v) is 6.50. The van der Waals surface area contributed by atoms with Gasteiger partial charge in [0, 0.05) is 12.1 Å². The van der Waals surface area contributed by atoms with Crippen molar-refractivity contribution >= 4 is 22.8 Å². The van der Waals surface area contributed by atoms with Crippen LogP contribution in [0.5, 0.6) is 5.75 Å². The molecule has 0 amide bonds. The van der Waals surface area contributed by atoms with Gasteiger partial charge in [0.25, 0.3) is 0 Å². The van der Waals surface area contributed by atoms with E-state index in [-0.39, 0.29) is 44.5 Å². The number of nitrogen functional groups attached to an aromatic ring is 2. The van der Waals surface area contributed by atoms with E-state index in [1.807, 2.05) is 0 Å². The van der Waals surface area contributed by atoms with Crippen molar-refractivity contribution in [3.8, 4) is 22.7 Å². The van der Waals surface area contributed by atoms with Gasteiger partial charge >= 0.3 is 12.6 Å². The number of aromatic nitrogens is 4. The number of imidazole rings is 1. The van der Waals surface area contributed by atoms with E-state index in [4.69, 9.17) is 11.5 Å². The monoisotopic (exact) mass is 434 g/mol. The van der Waals surface area contributed by atoms with Gasteiger partial charge < -0.3 is 21.4 Å². The number of alkyl halides is 2. The third-order valence-corrected chi connectivity index (χ3v) is 4.57. The molecule has 2 heterocycles. The van der Waals surface area contributed by atoms with Crippen LogP contribution in [-0.4, -0.2) is 21.1 Å². The second-order valence-electron chi connectivity index (χ2n) is 6.50. The van der Waals surface area contributed by atoms with Crippen molar-refractivity contribution < 1.29 is 27.0 Å². The lowest BCUT2D eigenvalue weighted by Crippen LogP contribution is -2.37. The van der Waals surface area contributed by atoms with Gasteiger partial charge in [0.05, 0.1) is 11.0 Å². The van der Waals surface area contributed by atoms with E-state index in [0.717, 1.165) is 12.1 Å². The summed E-state index contributed by atoms with van der Waals surface area (Å²) in [6.45, 7) is -1.45. The molecule has 12 heteroatoms. The van der Waals surface area contributed by atoms with Gasteiger partial charge in [-0.2, -0.15) is 8.78 Å². The molecule has 4 rings (SSSR count). The van der Waals surface area contributed by atoms with Crippen LogP contribution < -0.4 is 20.9 Å². The zero-order valence-corrected chi connectivity index (χ0v) is 15.8. The normalized spacial score (nSPS) is 11.4. The lowest BCUT2D eigenvalue weighted by Gasteiger charge is -2.17. The minimum absolute atomic E-state index is 0.0237. The summed E-state index contributed by atoms with van der Waals surface area (Å²) >= 11 is 0. The van der Waals surface area contributed by atoms with Gasteiger partial charge in [-0.15, -0.1) is 0 Å². The van der Waals surface area contributed by atoms with Gasteiger partial charge in [-0.05, 0) is 24.6 Å². The van der Waals surface area contributed by atoms with Crippen LogP contribution in [0, 0.1) is 23.8 Å². The van der Waals surface area contributed by atoms with E-state index in [1.54, 1.807) is 6.92 Å². The summed E-state index contributed by atoms with van der Waals surface area (Å²) in [4.78, 5) is 8.29. The summed E-state index contributed by atoms with van der Waals surface area (Å²) in [6, 6.07) is 7.14. The first-order valence-electron chi connectivity index (χ1n) is 8.75. The Balaban J connectivity index is 1.99. The topological polar surface area (TPSA) is 119 Å². The molecule has 0 atom stereocenters. The highest BCUT2D eigenvalue weighted by atomic mass is 19.3. The number of rotatable bonds is 4. The molecule has 2 aromatic carbocycles. The Hall–Kier alpha value is -4.09. The van der Waals surface area contributed by atoms with Gasteiger partial charge in [0.1, 0.15) is 17.1 Å². The first-order valence-corrected chi connectivity index (χ1v) is 8.75. The molecule has 4 aromatic rings. The molecule has 0 saturated heterocycles. The predicted molar refractivity (Wildman–Crippen MR) is 103 cm³/mol. The van der Waals surface area contributed by atoms with Crippen molar-refractivity contribution in [2.75, 3.05) is 11.5 Å². The third kappa shape index (κ3) is 3.41. The lowest BCUT2D eigenvalue weighted by molar-refractivity contribution is -0.576. The molecule has 0 unspecified atom stereocenters. The number of anilines is 2. The number of ether oxygens (including phenoxy) is 1. The number of nitrogens with two attached hydrogens (primary N) is 2. The van der Waals surface area contributed by atoms with Gasteiger partial charge in [0.15, 0.2) is 11.6 Å². The van der Waals surface area contributed by atoms with E-state index in [1.165, 1.54) is 28.8 Å². The first-order chi connectivity index (χ1) is 14.7. The average molecular weight is 434 g/mol. The Morgan fingerprint density at radius 1 is 1.06 bits per heavy atom. The van der Waals surface area contributed by atoms with Gasteiger partial charge in [-0.1, -0.05) is 17.1 Å². The zero-order valence-electron chi connectivity index (χ0n) is 15.8. The molecule has 0 aliphatic rings. The van der Waals surface area contributed by atoms with Crippen LogP contribution in [0.15, 0.2) is 36.4 Å². The molecule has 0 saturated carbocycles. The molecule has 4 N–H and O–H groups in total. The molecule has 0 spiro atoms. The lowest BCUT2D eigenvalue weighted by atomic mass is 10.1. The van der Waals surface area contributed by atoms with Crippen LogP contribution in [-0.2, 0) is 0 Å². The molecular weight excluding hydrogens is 420 g/mol. The number of hydrogen-bond donors (Lipinski definition) is 2. The summed E-state index contributed by atoms with van der Waals surface area (Å²) in [5, 5.41) is 12.3. The smallest absolute Gasteiger partial charge is 0.387 e. The largest absolute Gasteiger partial charge is 0.754 e. The molecule has 0 aliphatic heterocycles. The van der Waals surface area contributed by atoms with E-state index >= 15 is 0 Å². The molecule has 0 bridgehead atoms. The highest BCUT2D eigenvalue weighted by Gasteiger charge is 2.25. The quantitative estimate of drug-likeness (QED) is 0.290. The summed E-state index contributed by atoms with van der Waals surface area (Å²) in [5.74, 6) is -2.82. The maximum absolute atomic E-state index is 13.9. The molecule has 2 aromatic heterocycles. The van der Waals surface area contributed by atoms with Crippen LogP contribution in [0.25, 0.3) is 28.0 Å². The Morgan fingerprint density at radius 3 is 2.35 bits per heavy atom. The van der Waals surface area contributed by atoms with Crippen LogP contribution >= 0.6 is 0 Å². The van der Waals surface area contributed by atoms with Crippen molar-refractivity contribution in [1.29, 1.82) is 0 Å². The van der Waals surface area contributed by atoms with Crippen molar-refractivity contribution in [3.05, 3.63) is 59.1 Å². The molecule has 160 valence electrons. The standard InChI is InChI=1S/C19H14F4N6O2/c1-8-26-13-6-11(20)12(21)7-14(13)28(8)17-15(16(24)29(30)19(25)27-17)9-2-4-10(5-3-9)31-18(22)23/h2-7,18H,24H2,1H3,(H2,25,27). The molecular formula is C19H14F4N6O2. The maximum atomic E-state index is 13.9. The average Bonchev–Trinajstić information content (AvgIpc) is 3.01. The van der Waals surface area contributed by atoms with Crippen LogP contribution in [0.1, 0.15) is 5.82 Å². The zero-order chi connectivity index (χ0) is 22.4. The van der Waals surface area contributed by atoms with Crippen LogP contribution in [0.2, 0.25) is 0 Å². The fourth-order valence-corrected chi connectivity index (χ4v) is 3.25. The number of aryl methyl sites for hydroxylation is 1. The number of hydrogen-bond acceptors (Lipinski definition) is 6. The fraction of sp³-hybridized carbons (Fsp3) is 0.105. The Labute approximate surface area is 171 Å². The van der Waals surface area contributed by atoms with Gasteiger partial charge in [-0.25, -0.2) is 18.5 Å². The number of nitrogens with zero attached hydrogens (tertiary/aromatic N) is 4. The Bertz CT molecular complexity index is 1310. The van der Waals surface area contributed by atoms with Gasteiger partial charge in [-0.3, -0.25) is 4.57 Å². The van der Waals surface area contributed by atoms with E-state index in [9.17, 15) is 22.8 Å². The third-order valence-electron chi connectivity index (χ3n) is 4.57. The van der Waals surface area contributed by atoms with Gasteiger partial charge in [0.2, 0.25) is 11.6 Å². The van der Waals surface area contributed by atoms with Crippen LogP contribution in [0.4, 0.5) is 29.3 Å². The van der Waals surface area contributed by atoms with E-state index in [0.29, 0.717) is 5.56 Å². The SMILES string of the molecule is Cc1nc2cc(F)c(F)cc2n1-c1nc(N)[n+]([O-])c(N)c1-c1ccc(OC(F)F)cc1. The Kier molecular flexibility index (Phi) is 4.76. The molecule has 31 heavy (non-hydrogen) atoms. The predicted octanol–water partition coefficient (Wildman–Crippen LogP) is 3.07. The highest BCUT2D eigenvalue weighted by molar-refractivity contribution is 5.84. The minimum Gasteiger partial charge on any atom is -0.754 e. The fourth-order valence-electron chi connectivity index (χ4n) is 3.25. The van der Waals surface area contributed by atoms with Crippen LogP contribution in [0.3, 0.4) is 0 Å². The van der Waals surface area contributed by atoms with Crippen molar-refractivity contribution in [2.45, 2.75) is 13.5 Å². The van der Waals surface area contributed by atoms with Crippen molar-refractivity contribution in [2.24, 2.45) is 0 Å². The summed E-state index contributed by atoms with van der Waals surface area (Å²) < 4.78 is 58.3. The number of halogens is 4. The minimum atomic E-state index is -3.01. The number of benzene rings is 2. The first kappa shape index (κ1) is 20.2. The molecule has 0 radical (unpaired) electrons. The summed E-state index contributed by atoms with van der Waals surface area (Å²) in [5.41, 5.74) is 12.4. The molecule has 8 nitrogen and oxygen atoms in total. The number of fused-ring (bicyclic) bond motifs is 1. The Morgan fingerprint density at radius 2 is 1.71 bits per heavy atom. The highest BCUT2D eigenvalue weighted by Crippen LogP contribution is 2.34. The second kappa shape index (κ2) is 7.31. The van der Waals surface area contributed by atoms with Crippen molar-refractivity contribution in [3.63, 3.8) is 0 Å².